The smallest absolute Gasteiger partial charge is 0.309 e. The molecule has 0 spiro atoms. The molecule has 5 heteroatoms. The van der Waals surface area contributed by atoms with E-state index < -0.39 is 0 Å². The largest absolute Gasteiger partial charge is 0.347 e. The van der Waals surface area contributed by atoms with Crippen molar-refractivity contribution in [3.8, 4) is 0 Å². The monoisotopic (exact) mass is 298 g/mol. The van der Waals surface area contributed by atoms with E-state index in [0.717, 1.165) is 50.1 Å². The molecule has 116 valence electrons. The van der Waals surface area contributed by atoms with E-state index in [0.29, 0.717) is 0 Å². The van der Waals surface area contributed by atoms with Crippen LogP contribution in [0, 0.1) is 0 Å². The number of para-hydroxylation sites is 1. The third-order valence-corrected chi connectivity index (χ3v) is 4.82. The number of aromatic nitrogens is 2. The van der Waals surface area contributed by atoms with Gasteiger partial charge in [-0.05, 0) is 30.9 Å². The first-order chi connectivity index (χ1) is 10.8. The number of fused-ring (bicyclic) bond motifs is 1. The molecule has 0 saturated carbocycles. The van der Waals surface area contributed by atoms with Crippen LogP contribution in [0.2, 0.25) is 0 Å². The quantitative estimate of drug-likeness (QED) is 0.912. The van der Waals surface area contributed by atoms with E-state index in [4.69, 9.17) is 0 Å². The second-order valence-electron chi connectivity index (χ2n) is 6.20. The van der Waals surface area contributed by atoms with Crippen LogP contribution in [0.15, 0.2) is 29.1 Å². The predicted octanol–water partition coefficient (Wildman–Crippen LogP) is 1.45. The maximum atomic E-state index is 12.8. The summed E-state index contributed by atoms with van der Waals surface area (Å²) < 4.78 is 3.69. The minimum absolute atomic E-state index is 0.0657. The Morgan fingerprint density at radius 2 is 1.95 bits per heavy atom. The van der Waals surface area contributed by atoms with E-state index >= 15 is 0 Å². The Kier molecular flexibility index (Phi) is 3.30. The topological polar surface area (TPSA) is 42.2 Å². The maximum Gasteiger partial charge on any atom is 0.347 e. The van der Waals surface area contributed by atoms with E-state index in [-0.39, 0.29) is 5.69 Å². The number of nitrogens with zero attached hydrogens (tertiary/aromatic N) is 3. The van der Waals surface area contributed by atoms with E-state index in [1.54, 1.807) is 4.57 Å². The fourth-order valence-corrected chi connectivity index (χ4v) is 3.68. The van der Waals surface area contributed by atoms with Gasteiger partial charge in [0.25, 0.3) is 0 Å². The SMILES string of the molecule is Cn1c(=O)n(N2CCCCC2)c2cccc(C3=CCNC3)c21. The van der Waals surface area contributed by atoms with Crippen LogP contribution in [0.25, 0.3) is 16.6 Å². The zero-order chi connectivity index (χ0) is 15.1. The minimum atomic E-state index is 0.0657. The molecule has 1 fully saturated rings. The summed E-state index contributed by atoms with van der Waals surface area (Å²) in [7, 11) is 1.89. The van der Waals surface area contributed by atoms with Crippen molar-refractivity contribution in [3.63, 3.8) is 0 Å². The van der Waals surface area contributed by atoms with Gasteiger partial charge >= 0.3 is 5.69 Å². The van der Waals surface area contributed by atoms with E-state index in [1.807, 2.05) is 11.7 Å². The summed E-state index contributed by atoms with van der Waals surface area (Å²) in [6.07, 6.45) is 5.81. The number of benzene rings is 1. The van der Waals surface area contributed by atoms with Crippen LogP contribution in [0.3, 0.4) is 0 Å². The van der Waals surface area contributed by atoms with Crippen molar-refractivity contribution in [2.75, 3.05) is 31.2 Å². The van der Waals surface area contributed by atoms with E-state index in [2.05, 4.69) is 34.6 Å². The fraction of sp³-hybridized carbons (Fsp3) is 0.471. The molecule has 0 unspecified atom stereocenters. The van der Waals surface area contributed by atoms with Gasteiger partial charge in [0, 0.05) is 38.8 Å². The summed E-state index contributed by atoms with van der Waals surface area (Å²) in [5, 5.41) is 5.55. The summed E-state index contributed by atoms with van der Waals surface area (Å²) in [5.41, 5.74) is 4.61. The third kappa shape index (κ3) is 2.00. The third-order valence-electron chi connectivity index (χ3n) is 4.82. The molecule has 2 aromatic rings. The van der Waals surface area contributed by atoms with Crippen molar-refractivity contribution >= 4 is 16.6 Å². The number of imidazole rings is 1. The van der Waals surface area contributed by atoms with Gasteiger partial charge < -0.3 is 10.3 Å². The highest BCUT2D eigenvalue weighted by Crippen LogP contribution is 2.26. The standard InChI is InChI=1S/C17H22N4O/c1-19-16-14(13-8-9-18-12-13)6-5-7-15(16)21(17(19)22)20-10-3-2-4-11-20/h5-8,18H,2-4,9-12H2,1H3. The van der Waals surface area contributed by atoms with Gasteiger partial charge in [-0.2, -0.15) is 0 Å². The van der Waals surface area contributed by atoms with Gasteiger partial charge in [0.15, 0.2) is 0 Å². The van der Waals surface area contributed by atoms with Crippen LogP contribution in [-0.2, 0) is 7.05 Å². The lowest BCUT2D eigenvalue weighted by molar-refractivity contribution is 0.474. The number of aryl methyl sites for hydroxylation is 1. The first kappa shape index (κ1) is 13.6. The van der Waals surface area contributed by atoms with Gasteiger partial charge in [-0.1, -0.05) is 18.2 Å². The highest BCUT2D eigenvalue weighted by atomic mass is 16.2. The van der Waals surface area contributed by atoms with Gasteiger partial charge in [0.2, 0.25) is 0 Å². The van der Waals surface area contributed by atoms with Crippen LogP contribution in [-0.4, -0.2) is 35.4 Å². The molecule has 1 aromatic carbocycles. The molecule has 4 rings (SSSR count). The highest BCUT2D eigenvalue weighted by Gasteiger charge is 2.21. The summed E-state index contributed by atoms with van der Waals surface area (Å²) in [4.78, 5) is 12.8. The Morgan fingerprint density at radius 3 is 2.68 bits per heavy atom. The summed E-state index contributed by atoms with van der Waals surface area (Å²) in [6.45, 7) is 3.72. The molecule has 3 heterocycles. The molecule has 0 bridgehead atoms. The number of hydrogen-bond acceptors (Lipinski definition) is 3. The molecule has 2 aliphatic heterocycles. The van der Waals surface area contributed by atoms with Crippen molar-refractivity contribution in [1.82, 2.24) is 14.6 Å². The van der Waals surface area contributed by atoms with Crippen molar-refractivity contribution in [3.05, 3.63) is 40.3 Å². The van der Waals surface area contributed by atoms with Crippen LogP contribution in [0.4, 0.5) is 0 Å². The number of hydrogen-bond donors (Lipinski definition) is 1. The molecule has 0 atom stereocenters. The molecule has 1 aromatic heterocycles. The lowest BCUT2D eigenvalue weighted by Gasteiger charge is -2.29. The Labute approximate surface area is 129 Å². The Morgan fingerprint density at radius 1 is 1.14 bits per heavy atom. The molecule has 2 aliphatic rings. The molecule has 5 nitrogen and oxygen atoms in total. The molecule has 0 radical (unpaired) electrons. The zero-order valence-corrected chi connectivity index (χ0v) is 13.0. The molecular weight excluding hydrogens is 276 g/mol. The zero-order valence-electron chi connectivity index (χ0n) is 13.0. The number of nitrogens with one attached hydrogen (secondary N) is 1. The van der Waals surface area contributed by atoms with Gasteiger partial charge in [-0.25, -0.2) is 9.47 Å². The summed E-state index contributed by atoms with van der Waals surface area (Å²) in [6, 6.07) is 6.26. The van der Waals surface area contributed by atoms with Gasteiger partial charge in [-0.15, -0.1) is 0 Å². The Balaban J connectivity index is 1.94. The minimum Gasteiger partial charge on any atom is -0.309 e. The first-order valence-corrected chi connectivity index (χ1v) is 8.13. The van der Waals surface area contributed by atoms with Crippen molar-refractivity contribution in [2.45, 2.75) is 19.3 Å². The summed E-state index contributed by atoms with van der Waals surface area (Å²) in [5.74, 6) is 0. The van der Waals surface area contributed by atoms with Crippen molar-refractivity contribution in [2.24, 2.45) is 7.05 Å². The van der Waals surface area contributed by atoms with E-state index in [9.17, 15) is 4.79 Å². The highest BCUT2D eigenvalue weighted by molar-refractivity contribution is 5.91. The number of rotatable bonds is 2. The Hall–Kier alpha value is -2.01. The van der Waals surface area contributed by atoms with Gasteiger partial charge in [-0.3, -0.25) is 4.57 Å². The maximum absolute atomic E-state index is 12.8. The lowest BCUT2D eigenvalue weighted by Crippen LogP contribution is -2.45. The summed E-state index contributed by atoms with van der Waals surface area (Å²) >= 11 is 0. The molecule has 22 heavy (non-hydrogen) atoms. The van der Waals surface area contributed by atoms with Crippen molar-refractivity contribution in [1.29, 1.82) is 0 Å². The molecule has 0 aliphatic carbocycles. The molecule has 1 N–H and O–H groups in total. The van der Waals surface area contributed by atoms with Gasteiger partial charge in [0.1, 0.15) is 0 Å². The van der Waals surface area contributed by atoms with Gasteiger partial charge in [0.05, 0.1) is 11.0 Å². The van der Waals surface area contributed by atoms with E-state index in [1.165, 1.54) is 17.6 Å². The number of piperidine rings is 1. The lowest BCUT2D eigenvalue weighted by atomic mass is 10.1. The average molecular weight is 298 g/mol. The molecular formula is C17H22N4O. The van der Waals surface area contributed by atoms with Crippen molar-refractivity contribution < 1.29 is 0 Å². The normalized spacial score (nSPS) is 19.0. The van der Waals surface area contributed by atoms with Crippen LogP contribution < -0.4 is 16.0 Å². The Bertz CT molecular complexity index is 793. The second-order valence-corrected chi connectivity index (χ2v) is 6.20. The first-order valence-electron chi connectivity index (χ1n) is 8.13. The van der Waals surface area contributed by atoms with Crippen LogP contribution in [0.1, 0.15) is 24.8 Å². The molecule has 1 saturated heterocycles. The average Bonchev–Trinajstić information content (AvgIpc) is 3.17. The van der Waals surface area contributed by atoms with Crippen LogP contribution in [0.5, 0.6) is 0 Å². The molecule has 0 amide bonds. The van der Waals surface area contributed by atoms with Crippen LogP contribution >= 0.6 is 0 Å². The second kappa shape index (κ2) is 5.32. The fourth-order valence-electron chi connectivity index (χ4n) is 3.68. The predicted molar refractivity (Wildman–Crippen MR) is 89.8 cm³/mol.